The number of aliphatic hydroxyl groups is 2. The van der Waals surface area contributed by atoms with Crippen LogP contribution < -0.4 is 0 Å². The Hall–Kier alpha value is -1.40. The van der Waals surface area contributed by atoms with Crippen LogP contribution in [0.3, 0.4) is 0 Å². The van der Waals surface area contributed by atoms with Crippen LogP contribution in [0.2, 0.25) is 0 Å². The fourth-order valence-corrected chi connectivity index (χ4v) is 1.02. The Morgan fingerprint density at radius 1 is 0.944 bits per heavy atom. The molecule has 104 valence electrons. The second-order valence-corrected chi connectivity index (χ2v) is 3.94. The van der Waals surface area contributed by atoms with Crippen molar-refractivity contribution in [3.63, 3.8) is 0 Å². The number of aliphatic hydroxyl groups excluding tert-OH is 2. The van der Waals surface area contributed by atoms with Crippen molar-refractivity contribution in [3.05, 3.63) is 12.2 Å². The number of rotatable bonds is 8. The average molecular weight is 260 g/mol. The van der Waals surface area contributed by atoms with Gasteiger partial charge in [-0.15, -0.1) is 0 Å². The number of carbonyl (C=O) groups excluding carboxylic acids is 2. The van der Waals surface area contributed by atoms with Gasteiger partial charge in [0.25, 0.3) is 0 Å². The van der Waals surface area contributed by atoms with Gasteiger partial charge in [-0.25, -0.2) is 0 Å². The Kier molecular flexibility index (Phi) is 8.86. The van der Waals surface area contributed by atoms with Gasteiger partial charge in [-0.05, 0) is 26.0 Å². The lowest BCUT2D eigenvalue weighted by Crippen LogP contribution is -2.13. The number of ether oxygens (including phenoxy) is 2. The second kappa shape index (κ2) is 9.61. The first-order valence-electron chi connectivity index (χ1n) is 5.74. The number of carbonyl (C=O) groups is 2. The zero-order valence-corrected chi connectivity index (χ0v) is 10.7. The zero-order chi connectivity index (χ0) is 14.0. The van der Waals surface area contributed by atoms with E-state index in [0.717, 1.165) is 0 Å². The first-order valence-corrected chi connectivity index (χ1v) is 5.74. The molecule has 0 spiro atoms. The molecular weight excluding hydrogens is 240 g/mol. The molecule has 0 aromatic carbocycles. The van der Waals surface area contributed by atoms with E-state index >= 15 is 0 Å². The summed E-state index contributed by atoms with van der Waals surface area (Å²) in [6, 6.07) is 0. The highest BCUT2D eigenvalue weighted by Gasteiger charge is 2.06. The Morgan fingerprint density at radius 3 is 1.56 bits per heavy atom. The third-order valence-electron chi connectivity index (χ3n) is 1.77. The maximum absolute atomic E-state index is 11.0. The standard InChI is InChI=1S/C12H20O6/c1-9(13)7-11(15)17-5-3-4-6-18-12(16)8-10(2)14/h3-4,9-10,13-14H,5-8H2,1-2H3/b4-3-. The monoisotopic (exact) mass is 260 g/mol. The summed E-state index contributed by atoms with van der Waals surface area (Å²) in [7, 11) is 0. The predicted molar refractivity (Wildman–Crippen MR) is 63.7 cm³/mol. The lowest BCUT2D eigenvalue weighted by molar-refractivity contribution is -0.145. The van der Waals surface area contributed by atoms with Gasteiger partial charge in [0.1, 0.15) is 13.2 Å². The van der Waals surface area contributed by atoms with E-state index in [1.54, 1.807) is 0 Å². The zero-order valence-electron chi connectivity index (χ0n) is 10.7. The molecule has 0 heterocycles. The molecule has 2 atom stereocenters. The molecule has 0 fully saturated rings. The van der Waals surface area contributed by atoms with Gasteiger partial charge in [-0.3, -0.25) is 9.59 Å². The van der Waals surface area contributed by atoms with Gasteiger partial charge in [0.2, 0.25) is 0 Å². The van der Waals surface area contributed by atoms with Crippen LogP contribution in [-0.4, -0.2) is 47.6 Å². The van der Waals surface area contributed by atoms with Crippen molar-refractivity contribution in [1.29, 1.82) is 0 Å². The van der Waals surface area contributed by atoms with Crippen molar-refractivity contribution in [2.75, 3.05) is 13.2 Å². The number of hydrogen-bond acceptors (Lipinski definition) is 6. The maximum Gasteiger partial charge on any atom is 0.308 e. The van der Waals surface area contributed by atoms with Crippen LogP contribution in [0.15, 0.2) is 12.2 Å². The maximum atomic E-state index is 11.0. The molecule has 0 rings (SSSR count). The van der Waals surface area contributed by atoms with Gasteiger partial charge in [0.05, 0.1) is 25.0 Å². The molecule has 2 unspecified atom stereocenters. The summed E-state index contributed by atoms with van der Waals surface area (Å²) in [5.41, 5.74) is 0. The second-order valence-electron chi connectivity index (χ2n) is 3.94. The minimum absolute atomic E-state index is 0.0444. The SMILES string of the molecule is CC(O)CC(=O)OC/C=C\COC(=O)CC(C)O. The molecule has 18 heavy (non-hydrogen) atoms. The van der Waals surface area contributed by atoms with Crippen molar-refractivity contribution in [2.24, 2.45) is 0 Å². The molecule has 0 aliphatic rings. The van der Waals surface area contributed by atoms with Gasteiger partial charge < -0.3 is 19.7 Å². The molecule has 0 bridgehead atoms. The lowest BCUT2D eigenvalue weighted by atomic mass is 10.3. The number of hydrogen-bond donors (Lipinski definition) is 2. The summed E-state index contributed by atoms with van der Waals surface area (Å²) in [4.78, 5) is 22.0. The van der Waals surface area contributed by atoms with Crippen LogP contribution in [0.4, 0.5) is 0 Å². The normalized spacial score (nSPS) is 14.2. The van der Waals surface area contributed by atoms with Crippen molar-refractivity contribution in [2.45, 2.75) is 38.9 Å². The van der Waals surface area contributed by atoms with E-state index in [1.807, 2.05) is 0 Å². The van der Waals surface area contributed by atoms with Crippen molar-refractivity contribution in [3.8, 4) is 0 Å². The lowest BCUT2D eigenvalue weighted by Gasteiger charge is -2.04. The van der Waals surface area contributed by atoms with E-state index in [9.17, 15) is 9.59 Å². The van der Waals surface area contributed by atoms with Crippen molar-refractivity contribution < 1.29 is 29.3 Å². The average Bonchev–Trinajstić information content (AvgIpc) is 2.20. The topological polar surface area (TPSA) is 93.1 Å². The first-order chi connectivity index (χ1) is 8.41. The van der Waals surface area contributed by atoms with Crippen LogP contribution in [0.1, 0.15) is 26.7 Å². The van der Waals surface area contributed by atoms with Crippen LogP contribution in [0.25, 0.3) is 0 Å². The fraction of sp³-hybridized carbons (Fsp3) is 0.667. The third-order valence-corrected chi connectivity index (χ3v) is 1.77. The van der Waals surface area contributed by atoms with E-state index in [2.05, 4.69) is 0 Å². The van der Waals surface area contributed by atoms with Crippen LogP contribution >= 0.6 is 0 Å². The number of esters is 2. The van der Waals surface area contributed by atoms with E-state index in [4.69, 9.17) is 19.7 Å². The summed E-state index contributed by atoms with van der Waals surface area (Å²) in [6.07, 6.45) is 1.55. The van der Waals surface area contributed by atoms with Gasteiger partial charge in [0.15, 0.2) is 0 Å². The van der Waals surface area contributed by atoms with Gasteiger partial charge in [-0.2, -0.15) is 0 Å². The molecular formula is C12H20O6. The Balaban J connectivity index is 3.55. The molecule has 0 radical (unpaired) electrons. The molecule has 0 aromatic rings. The summed E-state index contributed by atoms with van der Waals surface area (Å²) in [5.74, 6) is -0.971. The quantitative estimate of drug-likeness (QED) is 0.477. The Bertz CT molecular complexity index is 254. The van der Waals surface area contributed by atoms with Crippen LogP contribution in [-0.2, 0) is 19.1 Å². The molecule has 0 amide bonds. The smallest absolute Gasteiger partial charge is 0.308 e. The molecule has 0 aliphatic carbocycles. The first kappa shape index (κ1) is 16.6. The van der Waals surface area contributed by atoms with Gasteiger partial charge >= 0.3 is 11.9 Å². The molecule has 0 saturated carbocycles. The van der Waals surface area contributed by atoms with E-state index in [1.165, 1.54) is 26.0 Å². The highest BCUT2D eigenvalue weighted by Crippen LogP contribution is 1.94. The molecule has 2 N–H and O–H groups in total. The van der Waals surface area contributed by atoms with Crippen molar-refractivity contribution >= 4 is 11.9 Å². The van der Waals surface area contributed by atoms with Gasteiger partial charge in [-0.1, -0.05) is 0 Å². The molecule has 0 aromatic heterocycles. The Morgan fingerprint density at radius 2 is 1.28 bits per heavy atom. The van der Waals surface area contributed by atoms with E-state index in [0.29, 0.717) is 0 Å². The summed E-state index contributed by atoms with van der Waals surface area (Å²) >= 11 is 0. The predicted octanol–water partition coefficient (Wildman–Crippen LogP) is 0.171. The molecule has 0 saturated heterocycles. The third kappa shape index (κ3) is 11.1. The highest BCUT2D eigenvalue weighted by molar-refractivity contribution is 5.70. The minimum atomic E-state index is -0.720. The van der Waals surface area contributed by atoms with Gasteiger partial charge in [0, 0.05) is 0 Å². The highest BCUT2D eigenvalue weighted by atomic mass is 16.5. The van der Waals surface area contributed by atoms with Crippen molar-refractivity contribution in [1.82, 2.24) is 0 Å². The van der Waals surface area contributed by atoms with Crippen LogP contribution in [0, 0.1) is 0 Å². The summed E-state index contributed by atoms with van der Waals surface area (Å²) < 4.78 is 9.52. The largest absolute Gasteiger partial charge is 0.461 e. The molecule has 6 heteroatoms. The Labute approximate surface area is 106 Å². The summed E-state index contributed by atoms with van der Waals surface area (Å²) in [5, 5.41) is 17.8. The fourth-order valence-electron chi connectivity index (χ4n) is 1.02. The minimum Gasteiger partial charge on any atom is -0.461 e. The van der Waals surface area contributed by atoms with E-state index < -0.39 is 24.1 Å². The summed E-state index contributed by atoms with van der Waals surface area (Å²) in [6.45, 7) is 3.14. The molecule has 0 aliphatic heterocycles. The molecule has 6 nitrogen and oxygen atoms in total. The van der Waals surface area contributed by atoms with Crippen LogP contribution in [0.5, 0.6) is 0 Å². The van der Waals surface area contributed by atoms with E-state index in [-0.39, 0.29) is 26.1 Å².